The predicted octanol–water partition coefficient (Wildman–Crippen LogP) is 2.54. The fourth-order valence-electron chi connectivity index (χ4n) is 3.86. The zero-order chi connectivity index (χ0) is 22.9. The number of piperidine rings is 1. The second-order valence-electron chi connectivity index (χ2n) is 7.90. The minimum Gasteiger partial charge on any atom is -0.373 e. The quantitative estimate of drug-likeness (QED) is 0.553. The van der Waals surface area contributed by atoms with Crippen LogP contribution in [-0.4, -0.2) is 60.9 Å². The SMILES string of the molecule is CNc1cc(-c2cnc3ccc(C(F)F)nn23)cc(N2CCCC(CNS(C)(=O)=O)C2)n1. The van der Waals surface area contributed by atoms with Gasteiger partial charge in [0.2, 0.25) is 10.0 Å². The third-order valence-corrected chi connectivity index (χ3v) is 6.14. The lowest BCUT2D eigenvalue weighted by molar-refractivity contribution is 0.144. The number of sulfonamides is 1. The minimum absolute atomic E-state index is 0.160. The van der Waals surface area contributed by atoms with Gasteiger partial charge in [-0.2, -0.15) is 5.10 Å². The fourth-order valence-corrected chi connectivity index (χ4v) is 4.40. The lowest BCUT2D eigenvalue weighted by Crippen LogP contribution is -2.41. The molecule has 1 aliphatic heterocycles. The van der Waals surface area contributed by atoms with Gasteiger partial charge in [0.1, 0.15) is 17.3 Å². The number of alkyl halides is 2. The van der Waals surface area contributed by atoms with Crippen molar-refractivity contribution in [2.75, 3.05) is 43.2 Å². The summed E-state index contributed by atoms with van der Waals surface area (Å²) in [6.07, 6.45) is 1.91. The number of nitrogens with zero attached hydrogens (tertiary/aromatic N) is 5. The molecule has 1 saturated heterocycles. The Balaban J connectivity index is 1.66. The Hall–Kier alpha value is -2.86. The number of halogens is 2. The molecule has 1 atom stereocenters. The van der Waals surface area contributed by atoms with Crippen molar-refractivity contribution in [1.29, 1.82) is 0 Å². The molecule has 4 heterocycles. The number of aromatic nitrogens is 4. The van der Waals surface area contributed by atoms with Crippen LogP contribution in [0.5, 0.6) is 0 Å². The largest absolute Gasteiger partial charge is 0.373 e. The van der Waals surface area contributed by atoms with Gasteiger partial charge in [0, 0.05) is 32.2 Å². The molecule has 12 heteroatoms. The standard InChI is InChI=1S/C20H25F2N7O2S/c1-23-17-8-14(16-11-24-18-6-5-15(20(21)22)27-29(16)18)9-19(26-17)28-7-3-4-13(12-28)10-25-32(2,30)31/h5-6,8-9,11,13,20,25H,3-4,7,10,12H2,1-2H3,(H,23,26). The number of pyridine rings is 1. The van der Waals surface area contributed by atoms with Crippen LogP contribution >= 0.6 is 0 Å². The molecule has 3 aromatic rings. The average Bonchev–Trinajstić information content (AvgIpc) is 3.20. The average molecular weight is 466 g/mol. The van der Waals surface area contributed by atoms with E-state index in [0.29, 0.717) is 30.2 Å². The molecule has 9 nitrogen and oxygen atoms in total. The summed E-state index contributed by atoms with van der Waals surface area (Å²) in [5, 5.41) is 7.10. The van der Waals surface area contributed by atoms with Crippen LogP contribution in [0.3, 0.4) is 0 Å². The fraction of sp³-hybridized carbons (Fsp3) is 0.450. The summed E-state index contributed by atoms with van der Waals surface area (Å²) in [5.41, 5.74) is 1.47. The van der Waals surface area contributed by atoms with E-state index in [4.69, 9.17) is 0 Å². The van der Waals surface area contributed by atoms with Crippen molar-refractivity contribution in [3.8, 4) is 11.3 Å². The molecule has 172 valence electrons. The number of imidazole rings is 1. The summed E-state index contributed by atoms with van der Waals surface area (Å²) in [6.45, 7) is 1.82. The van der Waals surface area contributed by atoms with Gasteiger partial charge in [-0.1, -0.05) is 0 Å². The van der Waals surface area contributed by atoms with Gasteiger partial charge >= 0.3 is 0 Å². The van der Waals surface area contributed by atoms with Gasteiger partial charge in [-0.05, 0) is 43.0 Å². The van der Waals surface area contributed by atoms with Gasteiger partial charge in [0.15, 0.2) is 5.65 Å². The molecule has 0 aromatic carbocycles. The number of hydrogen-bond donors (Lipinski definition) is 2. The lowest BCUT2D eigenvalue weighted by atomic mass is 9.98. The molecular weight excluding hydrogens is 440 g/mol. The maximum absolute atomic E-state index is 13.2. The number of fused-ring (bicyclic) bond motifs is 1. The highest BCUT2D eigenvalue weighted by atomic mass is 32.2. The van der Waals surface area contributed by atoms with E-state index in [2.05, 4.69) is 30.0 Å². The Morgan fingerprint density at radius 3 is 2.81 bits per heavy atom. The van der Waals surface area contributed by atoms with Gasteiger partial charge < -0.3 is 10.2 Å². The van der Waals surface area contributed by atoms with Gasteiger partial charge in [-0.25, -0.2) is 36.4 Å². The molecule has 3 aromatic heterocycles. The summed E-state index contributed by atoms with van der Waals surface area (Å²) in [7, 11) is -1.49. The minimum atomic E-state index is -3.25. The highest BCUT2D eigenvalue weighted by Gasteiger charge is 2.23. The molecule has 0 bridgehead atoms. The predicted molar refractivity (Wildman–Crippen MR) is 119 cm³/mol. The van der Waals surface area contributed by atoms with Crippen molar-refractivity contribution in [3.05, 3.63) is 36.2 Å². The van der Waals surface area contributed by atoms with E-state index in [1.165, 1.54) is 16.6 Å². The van der Waals surface area contributed by atoms with Crippen LogP contribution in [0, 0.1) is 5.92 Å². The Bertz CT molecular complexity index is 1220. The topological polar surface area (TPSA) is 105 Å². The first kappa shape index (κ1) is 22.3. The Kier molecular flexibility index (Phi) is 6.24. The van der Waals surface area contributed by atoms with E-state index in [1.54, 1.807) is 13.2 Å². The first-order valence-electron chi connectivity index (χ1n) is 10.3. The van der Waals surface area contributed by atoms with Crippen LogP contribution in [0.1, 0.15) is 25.0 Å². The number of nitrogens with one attached hydrogen (secondary N) is 2. The molecule has 4 rings (SSSR count). The molecule has 0 radical (unpaired) electrons. The van der Waals surface area contributed by atoms with Crippen molar-refractivity contribution >= 4 is 27.3 Å². The van der Waals surface area contributed by atoms with Crippen molar-refractivity contribution in [2.45, 2.75) is 19.3 Å². The Morgan fingerprint density at radius 2 is 2.09 bits per heavy atom. The molecule has 1 aliphatic rings. The molecule has 1 fully saturated rings. The van der Waals surface area contributed by atoms with Crippen LogP contribution in [-0.2, 0) is 10.0 Å². The number of anilines is 2. The third-order valence-electron chi connectivity index (χ3n) is 5.45. The normalized spacial score (nSPS) is 17.3. The molecular formula is C20H25F2N7O2S. The molecule has 1 unspecified atom stereocenters. The van der Waals surface area contributed by atoms with Crippen molar-refractivity contribution < 1.29 is 17.2 Å². The van der Waals surface area contributed by atoms with Crippen LogP contribution < -0.4 is 14.9 Å². The maximum Gasteiger partial charge on any atom is 0.282 e. The summed E-state index contributed by atoms with van der Waals surface area (Å²) >= 11 is 0. The second-order valence-corrected chi connectivity index (χ2v) is 9.73. The molecule has 0 saturated carbocycles. The molecule has 0 spiro atoms. The Morgan fingerprint density at radius 1 is 1.28 bits per heavy atom. The van der Waals surface area contributed by atoms with Gasteiger partial charge in [-0.15, -0.1) is 0 Å². The van der Waals surface area contributed by atoms with Crippen LogP contribution in [0.25, 0.3) is 16.9 Å². The van der Waals surface area contributed by atoms with E-state index >= 15 is 0 Å². The highest BCUT2D eigenvalue weighted by molar-refractivity contribution is 7.88. The monoisotopic (exact) mass is 465 g/mol. The zero-order valence-electron chi connectivity index (χ0n) is 17.8. The maximum atomic E-state index is 13.2. The summed E-state index contributed by atoms with van der Waals surface area (Å²) in [4.78, 5) is 11.1. The van der Waals surface area contributed by atoms with E-state index < -0.39 is 16.4 Å². The van der Waals surface area contributed by atoms with Crippen LogP contribution in [0.4, 0.5) is 20.4 Å². The van der Waals surface area contributed by atoms with Gasteiger partial charge in [-0.3, -0.25) is 0 Å². The molecule has 0 amide bonds. The third kappa shape index (κ3) is 4.96. The second kappa shape index (κ2) is 8.94. The first-order chi connectivity index (χ1) is 15.2. The van der Waals surface area contributed by atoms with Gasteiger partial charge in [0.05, 0.1) is 18.1 Å². The van der Waals surface area contributed by atoms with E-state index in [-0.39, 0.29) is 11.6 Å². The smallest absolute Gasteiger partial charge is 0.282 e. The summed E-state index contributed by atoms with van der Waals surface area (Å²) < 4.78 is 53.2. The van der Waals surface area contributed by atoms with Crippen molar-refractivity contribution in [1.82, 2.24) is 24.3 Å². The molecule has 0 aliphatic carbocycles. The van der Waals surface area contributed by atoms with E-state index in [0.717, 1.165) is 37.0 Å². The van der Waals surface area contributed by atoms with Gasteiger partial charge in [0.25, 0.3) is 6.43 Å². The van der Waals surface area contributed by atoms with E-state index in [9.17, 15) is 17.2 Å². The van der Waals surface area contributed by atoms with Crippen molar-refractivity contribution in [2.24, 2.45) is 5.92 Å². The number of rotatable bonds is 7. The highest BCUT2D eigenvalue weighted by Crippen LogP contribution is 2.30. The summed E-state index contributed by atoms with van der Waals surface area (Å²) in [5.74, 6) is 1.50. The first-order valence-corrected chi connectivity index (χ1v) is 12.2. The van der Waals surface area contributed by atoms with E-state index in [1.807, 2.05) is 12.1 Å². The lowest BCUT2D eigenvalue weighted by Gasteiger charge is -2.34. The van der Waals surface area contributed by atoms with Crippen molar-refractivity contribution in [3.63, 3.8) is 0 Å². The number of hydrogen-bond acceptors (Lipinski definition) is 7. The molecule has 32 heavy (non-hydrogen) atoms. The molecule has 2 N–H and O–H groups in total. The Labute approximate surface area is 184 Å². The zero-order valence-corrected chi connectivity index (χ0v) is 18.6. The van der Waals surface area contributed by atoms with Crippen LogP contribution in [0.2, 0.25) is 0 Å². The summed E-state index contributed by atoms with van der Waals surface area (Å²) in [6, 6.07) is 6.49. The van der Waals surface area contributed by atoms with Crippen LogP contribution in [0.15, 0.2) is 30.5 Å².